The van der Waals surface area contributed by atoms with Crippen LogP contribution in [0, 0.1) is 0 Å². The Balaban J connectivity index is 1.34. The van der Waals surface area contributed by atoms with Crippen LogP contribution < -0.4 is 16.2 Å². The maximum Gasteiger partial charge on any atom is 0.198 e. The molecule has 1 aliphatic rings. The van der Waals surface area contributed by atoms with Gasteiger partial charge in [-0.3, -0.25) is 0 Å². The van der Waals surface area contributed by atoms with E-state index in [1.165, 1.54) is 106 Å². The number of para-hydroxylation sites is 1. The van der Waals surface area contributed by atoms with Gasteiger partial charge in [-0.05, 0) is 93.9 Å². The number of hydrogen-bond acceptors (Lipinski definition) is 2. The predicted molar refractivity (Wildman–Crippen MR) is 236 cm³/mol. The van der Waals surface area contributed by atoms with Gasteiger partial charge in [-0.25, -0.2) is 0 Å². The SMILES string of the molecule is CCCCCc1ccc(Nc2cc3sc4ccccc4c3cc2-c2cc(C(C)(C)C)c3c4ccccc4n4c3c2Bc2cc(C(C)(C)C)ccc2-4)cc1. The Morgan fingerprint density at radius 3 is 2.19 bits per heavy atom. The van der Waals surface area contributed by atoms with Crippen molar-refractivity contribution in [1.82, 2.24) is 4.57 Å². The molecule has 4 heteroatoms. The molecule has 0 radical (unpaired) electrons. The van der Waals surface area contributed by atoms with Gasteiger partial charge in [0.15, 0.2) is 7.28 Å². The quantitative estimate of drug-likeness (QED) is 0.129. The molecule has 9 rings (SSSR count). The first kappa shape index (κ1) is 34.0. The average Bonchev–Trinajstić information content (AvgIpc) is 3.68. The molecular formula is C49H49BN2S. The molecule has 0 aliphatic carbocycles. The summed E-state index contributed by atoms with van der Waals surface area (Å²) in [6, 6.07) is 41.8. The monoisotopic (exact) mass is 708 g/mol. The van der Waals surface area contributed by atoms with Crippen molar-refractivity contribution in [2.24, 2.45) is 0 Å². The van der Waals surface area contributed by atoms with Crippen molar-refractivity contribution in [3.8, 4) is 16.8 Å². The van der Waals surface area contributed by atoms with Gasteiger partial charge in [0.1, 0.15) is 0 Å². The first-order valence-electron chi connectivity index (χ1n) is 19.5. The lowest BCUT2D eigenvalue weighted by atomic mass is 9.57. The molecule has 0 amide bonds. The van der Waals surface area contributed by atoms with Crippen molar-refractivity contribution < 1.29 is 0 Å². The maximum absolute atomic E-state index is 3.97. The number of nitrogens with zero attached hydrogens (tertiary/aromatic N) is 1. The van der Waals surface area contributed by atoms with E-state index in [4.69, 9.17) is 0 Å². The van der Waals surface area contributed by atoms with Crippen molar-refractivity contribution in [2.45, 2.75) is 85.0 Å². The molecule has 264 valence electrons. The van der Waals surface area contributed by atoms with E-state index in [0.717, 1.165) is 25.1 Å². The van der Waals surface area contributed by atoms with Gasteiger partial charge in [0.05, 0.1) is 5.52 Å². The number of thiophene rings is 1. The summed E-state index contributed by atoms with van der Waals surface area (Å²) in [5.41, 5.74) is 15.8. The zero-order valence-corrected chi connectivity index (χ0v) is 33.1. The summed E-state index contributed by atoms with van der Waals surface area (Å²) >= 11 is 1.89. The average molecular weight is 709 g/mol. The number of unbranched alkanes of at least 4 members (excludes halogenated alkanes) is 2. The zero-order chi connectivity index (χ0) is 36.6. The molecule has 0 spiro atoms. The van der Waals surface area contributed by atoms with Crippen LogP contribution in [0.4, 0.5) is 11.4 Å². The van der Waals surface area contributed by atoms with Gasteiger partial charge >= 0.3 is 0 Å². The number of rotatable bonds is 7. The van der Waals surface area contributed by atoms with Gasteiger partial charge in [0.2, 0.25) is 0 Å². The van der Waals surface area contributed by atoms with Crippen LogP contribution in [0.5, 0.6) is 0 Å². The molecule has 53 heavy (non-hydrogen) atoms. The van der Waals surface area contributed by atoms with E-state index in [2.05, 4.69) is 168 Å². The van der Waals surface area contributed by atoms with Crippen molar-refractivity contribution in [3.63, 3.8) is 0 Å². The molecular weight excluding hydrogens is 659 g/mol. The highest BCUT2D eigenvalue weighted by molar-refractivity contribution is 7.25. The van der Waals surface area contributed by atoms with Gasteiger partial charge in [0, 0.05) is 59.1 Å². The zero-order valence-electron chi connectivity index (χ0n) is 32.3. The highest BCUT2D eigenvalue weighted by Crippen LogP contribution is 2.45. The van der Waals surface area contributed by atoms with Crippen LogP contribution in [0.3, 0.4) is 0 Å². The first-order chi connectivity index (χ1) is 25.5. The molecule has 3 heterocycles. The Hall–Kier alpha value is -4.80. The van der Waals surface area contributed by atoms with E-state index in [1.807, 2.05) is 11.3 Å². The van der Waals surface area contributed by atoms with Gasteiger partial charge < -0.3 is 9.88 Å². The lowest BCUT2D eigenvalue weighted by Crippen LogP contribution is -2.38. The summed E-state index contributed by atoms with van der Waals surface area (Å²) in [4.78, 5) is 0. The summed E-state index contributed by atoms with van der Waals surface area (Å²) in [6.45, 7) is 16.4. The molecule has 2 aromatic heterocycles. The van der Waals surface area contributed by atoms with Crippen LogP contribution in [-0.4, -0.2) is 11.8 Å². The highest BCUT2D eigenvalue weighted by Gasteiger charge is 2.32. The van der Waals surface area contributed by atoms with Crippen LogP contribution >= 0.6 is 11.3 Å². The van der Waals surface area contributed by atoms with E-state index in [0.29, 0.717) is 0 Å². The fraction of sp³-hybridized carbons (Fsp3) is 0.265. The van der Waals surface area contributed by atoms with E-state index in [-0.39, 0.29) is 10.8 Å². The Kier molecular flexibility index (Phi) is 8.13. The normalized spacial score (nSPS) is 12.9. The third-order valence-corrected chi connectivity index (χ3v) is 12.6. The molecule has 8 aromatic rings. The second-order valence-corrected chi connectivity index (χ2v) is 18.4. The minimum absolute atomic E-state index is 0.0655. The summed E-state index contributed by atoms with van der Waals surface area (Å²) in [7, 11) is 0.889. The van der Waals surface area contributed by atoms with Crippen LogP contribution in [0.15, 0.2) is 109 Å². The van der Waals surface area contributed by atoms with Crippen molar-refractivity contribution in [1.29, 1.82) is 0 Å². The smallest absolute Gasteiger partial charge is 0.198 e. The molecule has 0 atom stereocenters. The van der Waals surface area contributed by atoms with Gasteiger partial charge in [-0.1, -0.05) is 134 Å². The summed E-state index contributed by atoms with van der Waals surface area (Å²) < 4.78 is 5.24. The molecule has 1 N–H and O–H groups in total. The Morgan fingerprint density at radius 2 is 1.43 bits per heavy atom. The second kappa shape index (κ2) is 12.7. The molecule has 2 nitrogen and oxygen atoms in total. The van der Waals surface area contributed by atoms with E-state index in [1.54, 1.807) is 0 Å². The number of aryl methyl sites for hydroxylation is 1. The standard InChI is InChI=1S/C49H49BN2S/c1-8-9-10-15-30-20-23-32(24-21-30)51-40-29-44-36(33-16-12-14-19-43(33)53-44)27-35(40)37-28-38(49(5,6)7)45-34-17-11-13-18-41(34)52-42-25-22-31(48(2,3)4)26-39(42)50-46(37)47(45)52/h11-14,16-29,50-51H,8-10,15H2,1-7H3. The Morgan fingerprint density at radius 1 is 0.679 bits per heavy atom. The molecule has 0 unspecified atom stereocenters. The number of hydrogen-bond donors (Lipinski definition) is 1. The van der Waals surface area contributed by atoms with E-state index < -0.39 is 0 Å². The van der Waals surface area contributed by atoms with Crippen LogP contribution in [0.1, 0.15) is 84.4 Å². The van der Waals surface area contributed by atoms with Crippen molar-refractivity contribution in [2.75, 3.05) is 5.32 Å². The second-order valence-electron chi connectivity index (χ2n) is 17.3. The molecule has 0 saturated carbocycles. The van der Waals surface area contributed by atoms with Gasteiger partial charge in [0.25, 0.3) is 0 Å². The molecule has 1 aliphatic heterocycles. The van der Waals surface area contributed by atoms with E-state index in [9.17, 15) is 0 Å². The summed E-state index contributed by atoms with van der Waals surface area (Å²) in [6.07, 6.45) is 4.91. The van der Waals surface area contributed by atoms with Gasteiger partial charge in [-0.15, -0.1) is 11.3 Å². The highest BCUT2D eigenvalue weighted by atomic mass is 32.1. The maximum atomic E-state index is 3.97. The molecule has 0 saturated heterocycles. The number of aromatic nitrogens is 1. The summed E-state index contributed by atoms with van der Waals surface area (Å²) in [5, 5.41) is 9.36. The van der Waals surface area contributed by atoms with Crippen LogP contribution in [-0.2, 0) is 17.3 Å². The lowest BCUT2D eigenvalue weighted by molar-refractivity contribution is 0.590. The Labute approximate surface area is 319 Å². The lowest BCUT2D eigenvalue weighted by Gasteiger charge is -2.29. The summed E-state index contributed by atoms with van der Waals surface area (Å²) in [5.74, 6) is 0. The van der Waals surface area contributed by atoms with Crippen molar-refractivity contribution in [3.05, 3.63) is 126 Å². The third kappa shape index (κ3) is 5.78. The number of fused-ring (bicyclic) bond motifs is 8. The molecule has 0 bridgehead atoms. The van der Waals surface area contributed by atoms with Gasteiger partial charge in [-0.2, -0.15) is 0 Å². The third-order valence-electron chi connectivity index (χ3n) is 11.5. The van der Waals surface area contributed by atoms with Crippen LogP contribution in [0.2, 0.25) is 0 Å². The Bertz CT molecular complexity index is 2700. The van der Waals surface area contributed by atoms with Crippen LogP contribution in [0.25, 0.3) is 58.8 Å². The fourth-order valence-corrected chi connectivity index (χ4v) is 9.81. The van der Waals surface area contributed by atoms with E-state index >= 15 is 0 Å². The molecule has 0 fully saturated rings. The topological polar surface area (TPSA) is 17.0 Å². The first-order valence-corrected chi connectivity index (χ1v) is 20.4. The predicted octanol–water partition coefficient (Wildman–Crippen LogP) is 12.6. The van der Waals surface area contributed by atoms with Crippen molar-refractivity contribution >= 4 is 82.9 Å². The molecule has 6 aromatic carbocycles. The minimum Gasteiger partial charge on any atom is -0.355 e. The number of benzene rings is 6. The largest absolute Gasteiger partial charge is 0.355 e. The minimum atomic E-state index is -0.0705. The fourth-order valence-electron chi connectivity index (χ4n) is 8.68. The number of anilines is 2. The number of nitrogens with one attached hydrogen (secondary N) is 1.